The normalized spacial score (nSPS) is 18.7. The van der Waals surface area contributed by atoms with Crippen LogP contribution in [0, 0.1) is 0 Å². The molecule has 3 aromatic carbocycles. The number of fused-ring (bicyclic) bond motifs is 1. The second-order valence-corrected chi connectivity index (χ2v) is 9.30. The molecule has 4 nitrogen and oxygen atoms in total. The molecule has 0 aliphatic carbocycles. The number of allylic oxidation sites excluding steroid dienone is 2. The first-order valence-electron chi connectivity index (χ1n) is 10.7. The zero-order valence-electron chi connectivity index (χ0n) is 17.9. The van der Waals surface area contributed by atoms with Crippen LogP contribution in [0.5, 0.6) is 11.5 Å². The highest BCUT2D eigenvalue weighted by molar-refractivity contribution is 8.26. The fourth-order valence-electron chi connectivity index (χ4n) is 4.09. The first-order chi connectivity index (χ1) is 16.1. The number of thioether (sulfide) groups is 1. The van der Waals surface area contributed by atoms with Gasteiger partial charge in [0.15, 0.2) is 0 Å². The molecule has 1 amide bonds. The summed E-state index contributed by atoms with van der Waals surface area (Å²) in [6.07, 6.45) is 1.92. The predicted molar refractivity (Wildman–Crippen MR) is 136 cm³/mol. The number of carbonyl (C=O) groups excluding carboxylic acids is 1. The zero-order chi connectivity index (χ0) is 22.8. The number of carbonyl (C=O) groups is 1. The number of nitrogens with one attached hydrogen (secondary N) is 1. The van der Waals surface area contributed by atoms with Crippen molar-refractivity contribution in [2.45, 2.75) is 12.8 Å². The maximum absolute atomic E-state index is 12.5. The third kappa shape index (κ3) is 4.32. The summed E-state index contributed by atoms with van der Waals surface area (Å²) in [6.45, 7) is 2.56. The van der Waals surface area contributed by atoms with E-state index in [2.05, 4.69) is 23.5 Å². The number of hydrogen-bond donors (Lipinski definition) is 1. The van der Waals surface area contributed by atoms with E-state index >= 15 is 0 Å². The van der Waals surface area contributed by atoms with Crippen molar-refractivity contribution < 1.29 is 14.3 Å². The van der Waals surface area contributed by atoms with E-state index in [1.54, 1.807) is 0 Å². The van der Waals surface area contributed by atoms with Crippen molar-refractivity contribution in [3.63, 3.8) is 0 Å². The Hall–Kier alpha value is -3.35. The van der Waals surface area contributed by atoms with Gasteiger partial charge in [-0.25, -0.2) is 0 Å². The van der Waals surface area contributed by atoms with Crippen molar-refractivity contribution in [3.05, 3.63) is 112 Å². The number of hydrogen-bond acceptors (Lipinski definition) is 5. The van der Waals surface area contributed by atoms with Crippen LogP contribution in [0.15, 0.2) is 95.4 Å². The molecule has 0 aromatic heterocycles. The number of thiocarbonyl (C=S) groups is 1. The highest BCUT2D eigenvalue weighted by Crippen LogP contribution is 2.47. The molecule has 1 N–H and O–H groups in total. The lowest BCUT2D eigenvalue weighted by molar-refractivity contribution is -0.115. The predicted octanol–water partition coefficient (Wildman–Crippen LogP) is 6.05. The van der Waals surface area contributed by atoms with E-state index < -0.39 is 0 Å². The fraction of sp³-hybridized carbons (Fsp3) is 0.111. The average Bonchev–Trinajstić information content (AvgIpc) is 3.16. The van der Waals surface area contributed by atoms with Crippen LogP contribution < -0.4 is 14.8 Å². The standard InChI is InChI=1S/C27H21NO3S2/c1-2-30-19-14-12-18(13-15-19)25-21(16-23-26(29)28-27(32)33-23)24(17-8-4-3-5-9-17)20-10-6-7-11-22(20)31-25/h3-16,24H,2H2,1H3,(H,28,29,32)/b23-16-/t24-/m1/s1. The average molecular weight is 472 g/mol. The molecule has 3 aromatic rings. The summed E-state index contributed by atoms with van der Waals surface area (Å²) in [5.41, 5.74) is 3.99. The van der Waals surface area contributed by atoms with Crippen LogP contribution in [0.3, 0.4) is 0 Å². The minimum absolute atomic E-state index is 0.104. The van der Waals surface area contributed by atoms with Crippen molar-refractivity contribution >= 4 is 40.0 Å². The van der Waals surface area contributed by atoms with Crippen molar-refractivity contribution in [2.75, 3.05) is 6.61 Å². The molecule has 0 spiro atoms. The lowest BCUT2D eigenvalue weighted by atomic mass is 9.81. The smallest absolute Gasteiger partial charge is 0.263 e. The van der Waals surface area contributed by atoms with Gasteiger partial charge in [-0.15, -0.1) is 0 Å². The van der Waals surface area contributed by atoms with Crippen molar-refractivity contribution in [1.29, 1.82) is 0 Å². The van der Waals surface area contributed by atoms with Gasteiger partial charge in [0, 0.05) is 22.6 Å². The van der Waals surface area contributed by atoms with Crippen LogP contribution in [0.4, 0.5) is 0 Å². The summed E-state index contributed by atoms with van der Waals surface area (Å²) < 4.78 is 12.6. The van der Waals surface area contributed by atoms with Gasteiger partial charge in [0.25, 0.3) is 5.91 Å². The van der Waals surface area contributed by atoms with E-state index in [-0.39, 0.29) is 11.8 Å². The molecule has 1 fully saturated rings. The number of amides is 1. The molecule has 1 atom stereocenters. The number of ether oxygens (including phenoxy) is 2. The Morgan fingerprint density at radius 3 is 2.45 bits per heavy atom. The molecule has 1 saturated heterocycles. The Morgan fingerprint density at radius 2 is 1.76 bits per heavy atom. The minimum Gasteiger partial charge on any atom is -0.494 e. The molecule has 33 heavy (non-hydrogen) atoms. The first kappa shape index (κ1) is 21.5. The lowest BCUT2D eigenvalue weighted by Gasteiger charge is -2.30. The van der Waals surface area contributed by atoms with Crippen molar-refractivity contribution in [3.8, 4) is 11.5 Å². The first-order valence-corrected chi connectivity index (χ1v) is 11.9. The highest BCUT2D eigenvalue weighted by Gasteiger charge is 2.32. The maximum Gasteiger partial charge on any atom is 0.263 e. The lowest BCUT2D eigenvalue weighted by Crippen LogP contribution is -2.19. The Balaban J connectivity index is 1.73. The van der Waals surface area contributed by atoms with Gasteiger partial charge in [-0.3, -0.25) is 4.79 Å². The van der Waals surface area contributed by atoms with Gasteiger partial charge >= 0.3 is 0 Å². The van der Waals surface area contributed by atoms with E-state index in [1.807, 2.05) is 73.7 Å². The van der Waals surface area contributed by atoms with Crippen LogP contribution in [0.25, 0.3) is 5.76 Å². The summed E-state index contributed by atoms with van der Waals surface area (Å²) in [7, 11) is 0. The van der Waals surface area contributed by atoms with Gasteiger partial charge in [0.2, 0.25) is 0 Å². The summed E-state index contributed by atoms with van der Waals surface area (Å²) in [5.74, 6) is 2.02. The molecule has 6 heteroatoms. The van der Waals surface area contributed by atoms with Crippen LogP contribution in [-0.4, -0.2) is 16.8 Å². The van der Waals surface area contributed by atoms with Gasteiger partial charge < -0.3 is 14.8 Å². The van der Waals surface area contributed by atoms with E-state index in [0.29, 0.717) is 21.6 Å². The van der Waals surface area contributed by atoms with Gasteiger partial charge in [-0.1, -0.05) is 72.5 Å². The maximum atomic E-state index is 12.5. The Kier molecular flexibility index (Phi) is 6.03. The van der Waals surface area contributed by atoms with Crippen molar-refractivity contribution in [1.82, 2.24) is 5.32 Å². The summed E-state index contributed by atoms with van der Waals surface area (Å²) in [4.78, 5) is 13.1. The number of rotatable bonds is 5. The third-order valence-corrected chi connectivity index (χ3v) is 6.67. The topological polar surface area (TPSA) is 47.6 Å². The summed E-state index contributed by atoms with van der Waals surface area (Å²) in [6, 6.07) is 26.2. The van der Waals surface area contributed by atoms with Crippen LogP contribution in [0.1, 0.15) is 29.5 Å². The largest absolute Gasteiger partial charge is 0.494 e. The van der Waals surface area contributed by atoms with Gasteiger partial charge in [-0.05, 0) is 48.9 Å². The highest BCUT2D eigenvalue weighted by atomic mass is 32.2. The molecular weight excluding hydrogens is 450 g/mol. The van der Waals surface area contributed by atoms with E-state index in [0.717, 1.165) is 33.8 Å². The third-order valence-electron chi connectivity index (χ3n) is 5.50. The Morgan fingerprint density at radius 1 is 1.03 bits per heavy atom. The molecule has 2 heterocycles. The molecule has 0 bridgehead atoms. The zero-order valence-corrected chi connectivity index (χ0v) is 19.5. The van der Waals surface area contributed by atoms with Crippen LogP contribution in [0.2, 0.25) is 0 Å². The molecule has 164 valence electrons. The monoisotopic (exact) mass is 471 g/mol. The Labute approximate surface area is 202 Å². The SMILES string of the molecule is CCOc1ccc(C2=C(/C=C3\SC(=S)NC3=O)[C@H](c3ccccc3)c3ccccc3O2)cc1. The second-order valence-electron chi connectivity index (χ2n) is 7.58. The second kappa shape index (κ2) is 9.25. The minimum atomic E-state index is -0.186. The molecule has 0 radical (unpaired) electrons. The van der Waals surface area contributed by atoms with Crippen LogP contribution >= 0.6 is 24.0 Å². The molecule has 0 unspecified atom stereocenters. The molecular formula is C27H21NO3S2. The van der Waals surface area contributed by atoms with Crippen molar-refractivity contribution in [2.24, 2.45) is 0 Å². The fourth-order valence-corrected chi connectivity index (χ4v) is 5.13. The van der Waals surface area contributed by atoms with E-state index in [1.165, 1.54) is 11.8 Å². The van der Waals surface area contributed by atoms with Gasteiger partial charge in [-0.2, -0.15) is 0 Å². The molecule has 0 saturated carbocycles. The molecule has 2 aliphatic heterocycles. The van der Waals surface area contributed by atoms with E-state index in [9.17, 15) is 4.79 Å². The van der Waals surface area contributed by atoms with Gasteiger partial charge in [0.1, 0.15) is 21.6 Å². The Bertz CT molecular complexity index is 1280. The van der Waals surface area contributed by atoms with Crippen LogP contribution in [-0.2, 0) is 4.79 Å². The number of benzene rings is 3. The number of para-hydroxylation sites is 1. The van der Waals surface area contributed by atoms with Gasteiger partial charge in [0.05, 0.1) is 11.5 Å². The molecule has 5 rings (SSSR count). The summed E-state index contributed by atoms with van der Waals surface area (Å²) >= 11 is 6.49. The van der Waals surface area contributed by atoms with E-state index in [4.69, 9.17) is 21.7 Å². The quantitative estimate of drug-likeness (QED) is 0.362. The molecule has 2 aliphatic rings. The summed E-state index contributed by atoms with van der Waals surface area (Å²) in [5, 5.41) is 2.71.